The number of aromatic nitrogens is 2. The maximum absolute atomic E-state index is 5.86. The highest BCUT2D eigenvalue weighted by molar-refractivity contribution is 5.73. The van der Waals surface area contributed by atoms with Crippen LogP contribution < -0.4 is 5.73 Å². The minimum Gasteiger partial charge on any atom is -0.384 e. The summed E-state index contributed by atoms with van der Waals surface area (Å²) >= 11 is 0. The number of hydrogen-bond donors (Lipinski definition) is 2. The van der Waals surface area contributed by atoms with Gasteiger partial charge >= 0.3 is 0 Å². The fourth-order valence-corrected chi connectivity index (χ4v) is 3.06. The van der Waals surface area contributed by atoms with Crippen LogP contribution in [0.4, 0.5) is 5.82 Å². The maximum Gasteiger partial charge on any atom is 0.126 e. The molecule has 20 heavy (non-hydrogen) atoms. The summed E-state index contributed by atoms with van der Waals surface area (Å²) in [6, 6.07) is 8.66. The van der Waals surface area contributed by atoms with Gasteiger partial charge < -0.3 is 5.73 Å². The number of rotatable bonds is 3. The van der Waals surface area contributed by atoms with E-state index >= 15 is 0 Å². The molecule has 0 radical (unpaired) electrons. The lowest BCUT2D eigenvalue weighted by Gasteiger charge is -2.33. The SMILES string of the molecule is CC(C)(C)CC(C)(C)c1ccc(-c2cn[nH]c2N)cc1. The van der Waals surface area contributed by atoms with Crippen molar-refractivity contribution in [3.8, 4) is 11.1 Å². The summed E-state index contributed by atoms with van der Waals surface area (Å²) in [6.45, 7) is 11.5. The molecule has 0 aliphatic carbocycles. The number of nitrogens with two attached hydrogens (primary N) is 1. The predicted octanol–water partition coefficient (Wildman–Crippen LogP) is 4.37. The molecule has 1 aromatic heterocycles. The number of nitrogen functional groups attached to an aromatic ring is 1. The Kier molecular flexibility index (Phi) is 3.63. The van der Waals surface area contributed by atoms with Crippen molar-refractivity contribution in [2.45, 2.75) is 46.5 Å². The van der Waals surface area contributed by atoms with Gasteiger partial charge in [0.2, 0.25) is 0 Å². The first kappa shape index (κ1) is 14.6. The third-order valence-corrected chi connectivity index (χ3v) is 3.62. The third kappa shape index (κ3) is 3.21. The number of benzene rings is 1. The number of aromatic amines is 1. The van der Waals surface area contributed by atoms with E-state index in [2.05, 4.69) is 69.1 Å². The Morgan fingerprint density at radius 1 is 1.05 bits per heavy atom. The van der Waals surface area contributed by atoms with Gasteiger partial charge in [-0.1, -0.05) is 58.9 Å². The van der Waals surface area contributed by atoms with Crippen molar-refractivity contribution in [2.24, 2.45) is 5.41 Å². The van der Waals surface area contributed by atoms with Crippen LogP contribution in [0.3, 0.4) is 0 Å². The van der Waals surface area contributed by atoms with Crippen molar-refractivity contribution in [3.05, 3.63) is 36.0 Å². The molecule has 3 N–H and O–H groups in total. The van der Waals surface area contributed by atoms with Crippen molar-refractivity contribution in [3.63, 3.8) is 0 Å². The van der Waals surface area contributed by atoms with E-state index in [-0.39, 0.29) is 5.41 Å². The highest BCUT2D eigenvalue weighted by Crippen LogP contribution is 2.37. The summed E-state index contributed by atoms with van der Waals surface area (Å²) in [5.74, 6) is 0.617. The second-order valence-corrected chi connectivity index (χ2v) is 7.40. The number of anilines is 1. The van der Waals surface area contributed by atoms with Gasteiger partial charge in [0, 0.05) is 5.56 Å². The molecule has 0 saturated carbocycles. The molecule has 2 rings (SSSR count). The molecule has 0 atom stereocenters. The highest BCUT2D eigenvalue weighted by atomic mass is 15.1. The van der Waals surface area contributed by atoms with E-state index in [1.807, 2.05) is 0 Å². The minimum atomic E-state index is 0.165. The zero-order valence-corrected chi connectivity index (χ0v) is 13.1. The molecule has 0 amide bonds. The van der Waals surface area contributed by atoms with Crippen LogP contribution in [0.1, 0.15) is 46.6 Å². The van der Waals surface area contributed by atoms with Gasteiger partial charge in [-0.05, 0) is 28.4 Å². The number of nitrogens with one attached hydrogen (secondary N) is 1. The maximum atomic E-state index is 5.86. The first-order valence-electron chi connectivity index (χ1n) is 7.09. The van der Waals surface area contributed by atoms with E-state index in [0.29, 0.717) is 11.2 Å². The van der Waals surface area contributed by atoms with E-state index < -0.39 is 0 Å². The first-order valence-corrected chi connectivity index (χ1v) is 7.09. The molecule has 2 aromatic rings. The van der Waals surface area contributed by atoms with E-state index in [4.69, 9.17) is 5.73 Å². The summed E-state index contributed by atoms with van der Waals surface area (Å²) in [4.78, 5) is 0. The zero-order chi connectivity index (χ0) is 15.0. The van der Waals surface area contributed by atoms with Gasteiger partial charge in [-0.15, -0.1) is 0 Å². The normalized spacial score (nSPS) is 12.7. The fraction of sp³-hybridized carbons (Fsp3) is 0.471. The van der Waals surface area contributed by atoms with Crippen molar-refractivity contribution in [2.75, 3.05) is 5.73 Å². The summed E-state index contributed by atoms with van der Waals surface area (Å²) in [5, 5.41) is 6.74. The molecule has 108 valence electrons. The number of hydrogen-bond acceptors (Lipinski definition) is 2. The monoisotopic (exact) mass is 271 g/mol. The largest absolute Gasteiger partial charge is 0.384 e. The standard InChI is InChI=1S/C17H25N3/c1-16(2,3)11-17(4,5)13-8-6-12(7-9-13)14-10-19-20-15(14)18/h6-10H,11H2,1-5H3,(H3,18,19,20). The van der Waals surface area contributed by atoms with Gasteiger partial charge in [0.25, 0.3) is 0 Å². The molecule has 3 nitrogen and oxygen atoms in total. The van der Waals surface area contributed by atoms with Gasteiger partial charge in [-0.25, -0.2) is 0 Å². The zero-order valence-electron chi connectivity index (χ0n) is 13.1. The number of nitrogens with zero attached hydrogens (tertiary/aromatic N) is 1. The molecule has 0 aliphatic heterocycles. The highest BCUT2D eigenvalue weighted by Gasteiger charge is 2.27. The Balaban J connectivity index is 2.26. The molecule has 1 aromatic carbocycles. The molecule has 0 saturated heterocycles. The Morgan fingerprint density at radius 2 is 1.65 bits per heavy atom. The van der Waals surface area contributed by atoms with E-state index in [0.717, 1.165) is 17.5 Å². The van der Waals surface area contributed by atoms with Crippen LogP contribution >= 0.6 is 0 Å². The molecular formula is C17H25N3. The van der Waals surface area contributed by atoms with Crippen LogP contribution in [-0.4, -0.2) is 10.2 Å². The third-order valence-electron chi connectivity index (χ3n) is 3.62. The average molecular weight is 271 g/mol. The lowest BCUT2D eigenvalue weighted by Crippen LogP contribution is -2.24. The summed E-state index contributed by atoms with van der Waals surface area (Å²) in [5.41, 5.74) is 9.77. The molecule has 3 heteroatoms. The summed E-state index contributed by atoms with van der Waals surface area (Å²) < 4.78 is 0. The molecule has 0 spiro atoms. The molecule has 0 bridgehead atoms. The Hall–Kier alpha value is -1.77. The van der Waals surface area contributed by atoms with Crippen molar-refractivity contribution < 1.29 is 0 Å². The van der Waals surface area contributed by atoms with Gasteiger partial charge in [0.1, 0.15) is 5.82 Å². The topological polar surface area (TPSA) is 54.7 Å². The van der Waals surface area contributed by atoms with Gasteiger partial charge in [0.15, 0.2) is 0 Å². The second kappa shape index (κ2) is 4.97. The van der Waals surface area contributed by atoms with Crippen molar-refractivity contribution in [1.29, 1.82) is 0 Å². The fourth-order valence-electron chi connectivity index (χ4n) is 3.06. The van der Waals surface area contributed by atoms with Crippen LogP contribution in [0, 0.1) is 5.41 Å². The first-order chi connectivity index (χ1) is 9.19. The number of H-pyrrole nitrogens is 1. The van der Waals surface area contributed by atoms with E-state index in [1.54, 1.807) is 6.20 Å². The van der Waals surface area contributed by atoms with Crippen LogP contribution in [0.2, 0.25) is 0 Å². The van der Waals surface area contributed by atoms with Crippen LogP contribution in [0.25, 0.3) is 11.1 Å². The lowest BCUT2D eigenvalue weighted by atomic mass is 9.72. The molecule has 1 heterocycles. The quantitative estimate of drug-likeness (QED) is 0.870. The molecule has 0 unspecified atom stereocenters. The van der Waals surface area contributed by atoms with Crippen LogP contribution in [-0.2, 0) is 5.41 Å². The predicted molar refractivity (Wildman–Crippen MR) is 85.5 cm³/mol. The summed E-state index contributed by atoms with van der Waals surface area (Å²) in [6.07, 6.45) is 2.91. The minimum absolute atomic E-state index is 0.165. The van der Waals surface area contributed by atoms with Gasteiger partial charge in [-0.2, -0.15) is 5.10 Å². The smallest absolute Gasteiger partial charge is 0.126 e. The lowest BCUT2D eigenvalue weighted by molar-refractivity contribution is 0.284. The van der Waals surface area contributed by atoms with Crippen LogP contribution in [0.5, 0.6) is 0 Å². The average Bonchev–Trinajstić information content (AvgIpc) is 2.72. The van der Waals surface area contributed by atoms with Crippen molar-refractivity contribution in [1.82, 2.24) is 10.2 Å². The van der Waals surface area contributed by atoms with Gasteiger partial charge in [0.05, 0.1) is 6.20 Å². The van der Waals surface area contributed by atoms with Crippen molar-refractivity contribution >= 4 is 5.82 Å². The Bertz CT molecular complexity index is 571. The van der Waals surface area contributed by atoms with Gasteiger partial charge in [-0.3, -0.25) is 5.10 Å². The molecular weight excluding hydrogens is 246 g/mol. The second-order valence-electron chi connectivity index (χ2n) is 7.40. The Labute approximate surface area is 121 Å². The van der Waals surface area contributed by atoms with Crippen LogP contribution in [0.15, 0.2) is 30.5 Å². The summed E-state index contributed by atoms with van der Waals surface area (Å²) in [7, 11) is 0. The Morgan fingerprint density at radius 3 is 2.10 bits per heavy atom. The molecule has 0 fully saturated rings. The molecule has 0 aliphatic rings. The van der Waals surface area contributed by atoms with E-state index in [1.165, 1.54) is 5.56 Å². The van der Waals surface area contributed by atoms with E-state index in [9.17, 15) is 0 Å².